The minimum absolute atomic E-state index is 0.301. The normalized spacial score (nSPS) is 29.2. The molecule has 2 atom stereocenters. The highest BCUT2D eigenvalue weighted by Crippen LogP contribution is 2.40. The van der Waals surface area contributed by atoms with Crippen LogP contribution in [0.3, 0.4) is 0 Å². The minimum Gasteiger partial charge on any atom is -0.306 e. The predicted octanol–water partition coefficient (Wildman–Crippen LogP) is 2.27. The molecule has 1 aromatic rings. The summed E-state index contributed by atoms with van der Waals surface area (Å²) in [5.74, 6) is 0.723. The molecule has 98 valence electrons. The zero-order valence-electron chi connectivity index (χ0n) is 11.5. The van der Waals surface area contributed by atoms with Gasteiger partial charge in [-0.05, 0) is 43.6 Å². The van der Waals surface area contributed by atoms with Crippen LogP contribution in [0.5, 0.6) is 0 Å². The van der Waals surface area contributed by atoms with Crippen LogP contribution in [0.2, 0.25) is 0 Å². The summed E-state index contributed by atoms with van der Waals surface area (Å²) in [4.78, 5) is 19.0. The van der Waals surface area contributed by atoms with Gasteiger partial charge in [0.15, 0.2) is 0 Å². The topological polar surface area (TPSA) is 33.2 Å². The summed E-state index contributed by atoms with van der Waals surface area (Å²) in [7, 11) is 2.13. The van der Waals surface area contributed by atoms with E-state index in [-0.39, 0.29) is 5.41 Å². The number of piperidine rings is 1. The van der Waals surface area contributed by atoms with Gasteiger partial charge in [0.2, 0.25) is 0 Å². The lowest BCUT2D eigenvalue weighted by Crippen LogP contribution is -2.52. The van der Waals surface area contributed by atoms with Gasteiger partial charge in [-0.1, -0.05) is 13.8 Å². The van der Waals surface area contributed by atoms with Crippen LogP contribution in [-0.4, -0.2) is 35.8 Å². The Morgan fingerprint density at radius 1 is 1.50 bits per heavy atom. The Morgan fingerprint density at radius 2 is 2.17 bits per heavy atom. The van der Waals surface area contributed by atoms with Gasteiger partial charge in [0.25, 0.3) is 0 Å². The van der Waals surface area contributed by atoms with E-state index in [0.717, 1.165) is 25.1 Å². The molecule has 0 unspecified atom stereocenters. The van der Waals surface area contributed by atoms with E-state index in [1.54, 1.807) is 12.4 Å². The average molecular weight is 246 g/mol. The molecule has 2 rings (SSSR count). The fourth-order valence-electron chi connectivity index (χ4n) is 3.30. The van der Waals surface area contributed by atoms with E-state index in [1.165, 1.54) is 0 Å². The van der Waals surface area contributed by atoms with Gasteiger partial charge < -0.3 is 4.90 Å². The molecule has 0 aromatic carbocycles. The molecule has 1 aliphatic heterocycles. The van der Waals surface area contributed by atoms with Gasteiger partial charge in [-0.3, -0.25) is 9.78 Å². The van der Waals surface area contributed by atoms with Gasteiger partial charge in [0, 0.05) is 25.4 Å². The summed E-state index contributed by atoms with van der Waals surface area (Å²) < 4.78 is 0. The Labute approximate surface area is 109 Å². The molecule has 0 spiro atoms. The Balaban J connectivity index is 2.45. The van der Waals surface area contributed by atoms with Crippen LogP contribution in [0.25, 0.3) is 0 Å². The first-order chi connectivity index (χ1) is 8.61. The van der Waals surface area contributed by atoms with Crippen molar-refractivity contribution in [3.63, 3.8) is 0 Å². The molecule has 0 amide bonds. The number of pyridine rings is 1. The second-order valence-corrected chi connectivity index (χ2v) is 5.40. The zero-order chi connectivity index (χ0) is 13.2. The SMILES string of the molecule is CCC(=O)[C@]1(c2ccncc2)CCN(C)C[C@H]1C. The predicted molar refractivity (Wildman–Crippen MR) is 72.5 cm³/mol. The second-order valence-electron chi connectivity index (χ2n) is 5.40. The number of carbonyl (C=O) groups is 1. The molecule has 1 saturated heterocycles. The van der Waals surface area contributed by atoms with Gasteiger partial charge in [-0.2, -0.15) is 0 Å². The molecule has 0 aliphatic carbocycles. The zero-order valence-corrected chi connectivity index (χ0v) is 11.5. The van der Waals surface area contributed by atoms with E-state index < -0.39 is 0 Å². The molecule has 0 radical (unpaired) electrons. The lowest BCUT2D eigenvalue weighted by molar-refractivity contribution is -0.128. The highest BCUT2D eigenvalue weighted by molar-refractivity contribution is 5.90. The fraction of sp³-hybridized carbons (Fsp3) is 0.600. The van der Waals surface area contributed by atoms with Gasteiger partial charge in [0.1, 0.15) is 5.78 Å². The highest BCUT2D eigenvalue weighted by atomic mass is 16.1. The standard InChI is InChI=1S/C15H22N2O/c1-4-14(18)15(13-5-8-16-9-6-13)7-10-17(3)11-12(15)2/h5-6,8-9,12H,4,7,10-11H2,1-3H3/t12-,15-/m1/s1. The maximum atomic E-state index is 12.6. The first kappa shape index (κ1) is 13.2. The van der Waals surface area contributed by atoms with Gasteiger partial charge in [-0.15, -0.1) is 0 Å². The Hall–Kier alpha value is -1.22. The van der Waals surface area contributed by atoms with Crippen LogP contribution in [0.15, 0.2) is 24.5 Å². The number of hydrogen-bond acceptors (Lipinski definition) is 3. The number of carbonyl (C=O) groups excluding carboxylic acids is 1. The summed E-state index contributed by atoms with van der Waals surface area (Å²) in [5, 5.41) is 0. The second kappa shape index (κ2) is 5.19. The Kier molecular flexibility index (Phi) is 3.81. The Morgan fingerprint density at radius 3 is 2.72 bits per heavy atom. The first-order valence-electron chi connectivity index (χ1n) is 6.73. The van der Waals surface area contributed by atoms with Crippen molar-refractivity contribution >= 4 is 5.78 Å². The monoisotopic (exact) mass is 246 g/mol. The largest absolute Gasteiger partial charge is 0.306 e. The van der Waals surface area contributed by atoms with E-state index in [4.69, 9.17) is 0 Å². The van der Waals surface area contributed by atoms with E-state index in [9.17, 15) is 4.79 Å². The third kappa shape index (κ3) is 2.07. The molecule has 18 heavy (non-hydrogen) atoms. The quantitative estimate of drug-likeness (QED) is 0.820. The van der Waals surface area contributed by atoms with E-state index in [2.05, 4.69) is 23.9 Å². The van der Waals surface area contributed by atoms with E-state index in [1.807, 2.05) is 19.1 Å². The fourth-order valence-corrected chi connectivity index (χ4v) is 3.30. The van der Waals surface area contributed by atoms with Crippen LogP contribution in [0.4, 0.5) is 0 Å². The molecule has 3 heteroatoms. The summed E-state index contributed by atoms with van der Waals surface area (Å²) in [5.41, 5.74) is 0.842. The third-order valence-corrected chi connectivity index (χ3v) is 4.33. The maximum absolute atomic E-state index is 12.6. The minimum atomic E-state index is -0.301. The van der Waals surface area contributed by atoms with E-state index in [0.29, 0.717) is 18.1 Å². The van der Waals surface area contributed by atoms with Crippen molar-refractivity contribution in [2.75, 3.05) is 20.1 Å². The van der Waals surface area contributed by atoms with Gasteiger partial charge in [0.05, 0.1) is 5.41 Å². The molecule has 1 aliphatic rings. The number of nitrogens with zero attached hydrogens (tertiary/aromatic N) is 2. The average Bonchev–Trinajstić information content (AvgIpc) is 2.39. The molecule has 2 heterocycles. The van der Waals surface area contributed by atoms with Crippen molar-refractivity contribution in [3.05, 3.63) is 30.1 Å². The molecule has 1 fully saturated rings. The van der Waals surface area contributed by atoms with Crippen molar-refractivity contribution in [2.45, 2.75) is 32.1 Å². The lowest BCUT2D eigenvalue weighted by atomic mass is 9.63. The third-order valence-electron chi connectivity index (χ3n) is 4.33. The molecule has 0 bridgehead atoms. The van der Waals surface area contributed by atoms with E-state index >= 15 is 0 Å². The van der Waals surface area contributed by atoms with Crippen LogP contribution in [0.1, 0.15) is 32.3 Å². The number of aromatic nitrogens is 1. The summed E-state index contributed by atoms with van der Waals surface area (Å²) in [6.45, 7) is 6.13. The van der Waals surface area contributed by atoms with Crippen molar-refractivity contribution in [1.82, 2.24) is 9.88 Å². The van der Waals surface area contributed by atoms with Crippen molar-refractivity contribution in [2.24, 2.45) is 5.92 Å². The number of Topliss-reactive ketones (excluding diaryl/α,β-unsaturated/α-hetero) is 1. The summed E-state index contributed by atoms with van der Waals surface area (Å²) >= 11 is 0. The maximum Gasteiger partial charge on any atom is 0.143 e. The van der Waals surface area contributed by atoms with Crippen LogP contribution in [0, 0.1) is 5.92 Å². The Bertz CT molecular complexity index is 418. The van der Waals surface area contributed by atoms with Crippen LogP contribution in [-0.2, 0) is 10.2 Å². The van der Waals surface area contributed by atoms with Gasteiger partial charge >= 0.3 is 0 Å². The number of likely N-dealkylation sites (tertiary alicyclic amines) is 1. The van der Waals surface area contributed by atoms with Gasteiger partial charge in [-0.25, -0.2) is 0 Å². The number of hydrogen-bond donors (Lipinski definition) is 0. The number of rotatable bonds is 3. The molecule has 0 N–H and O–H groups in total. The lowest BCUT2D eigenvalue weighted by Gasteiger charge is -2.45. The number of ketones is 1. The molecular weight excluding hydrogens is 224 g/mol. The summed E-state index contributed by atoms with van der Waals surface area (Å²) in [6, 6.07) is 4.02. The highest BCUT2D eigenvalue weighted by Gasteiger charge is 2.46. The van der Waals surface area contributed by atoms with Crippen molar-refractivity contribution in [3.8, 4) is 0 Å². The van der Waals surface area contributed by atoms with Crippen LogP contribution >= 0.6 is 0 Å². The molecule has 0 saturated carbocycles. The molecule has 1 aromatic heterocycles. The molecular formula is C15H22N2O. The molecule has 3 nitrogen and oxygen atoms in total. The van der Waals surface area contributed by atoms with Crippen molar-refractivity contribution < 1.29 is 4.79 Å². The smallest absolute Gasteiger partial charge is 0.143 e. The summed E-state index contributed by atoms with van der Waals surface area (Å²) in [6.07, 6.45) is 5.12. The first-order valence-corrected chi connectivity index (χ1v) is 6.73. The van der Waals surface area contributed by atoms with Crippen molar-refractivity contribution in [1.29, 1.82) is 0 Å². The van der Waals surface area contributed by atoms with Crippen LogP contribution < -0.4 is 0 Å².